The summed E-state index contributed by atoms with van der Waals surface area (Å²) < 4.78 is 19.1. The van der Waals surface area contributed by atoms with Crippen molar-refractivity contribution in [3.8, 4) is 5.75 Å². The summed E-state index contributed by atoms with van der Waals surface area (Å²) in [6, 6.07) is 1.27. The highest BCUT2D eigenvalue weighted by Gasteiger charge is 2.50. The topological polar surface area (TPSA) is 35.2 Å². The second kappa shape index (κ2) is 4.14. The van der Waals surface area contributed by atoms with E-state index in [1.54, 1.807) is 0 Å². The van der Waals surface area contributed by atoms with Crippen LogP contribution in [0.4, 0.5) is 4.39 Å². The lowest BCUT2D eigenvalue weighted by Crippen LogP contribution is -2.32. The normalized spacial score (nSPS) is 18.9. The first-order valence-electron chi connectivity index (χ1n) is 5.72. The van der Waals surface area contributed by atoms with Crippen molar-refractivity contribution in [3.05, 3.63) is 28.0 Å². The molecule has 1 unspecified atom stereocenters. The van der Waals surface area contributed by atoms with E-state index in [9.17, 15) is 4.39 Å². The van der Waals surface area contributed by atoms with Crippen molar-refractivity contribution in [2.75, 3.05) is 7.11 Å². The molecule has 1 aromatic rings. The third-order valence-electron chi connectivity index (χ3n) is 3.79. The summed E-state index contributed by atoms with van der Waals surface area (Å²) in [6.07, 6.45) is 1.92. The molecule has 1 atom stereocenters. The maximum Gasteiger partial charge on any atom is 0.166 e. The average Bonchev–Trinajstić information content (AvgIpc) is 3.04. The molecule has 1 aliphatic carbocycles. The molecule has 1 aromatic carbocycles. The maximum atomic E-state index is 13.9. The molecule has 1 fully saturated rings. The highest BCUT2D eigenvalue weighted by Crippen LogP contribution is 2.55. The van der Waals surface area contributed by atoms with Crippen LogP contribution in [0, 0.1) is 12.7 Å². The van der Waals surface area contributed by atoms with E-state index in [0.717, 1.165) is 24.0 Å². The van der Waals surface area contributed by atoms with Gasteiger partial charge < -0.3 is 10.5 Å². The Labute approximate surface area is 106 Å². The predicted molar refractivity (Wildman–Crippen MR) is 67.3 cm³/mol. The summed E-state index contributed by atoms with van der Waals surface area (Å²) in [5.41, 5.74) is 7.59. The SMILES string of the molecule is COc1c(F)cc(Cl)c(C)c1C1(C(C)N)CC1. The summed E-state index contributed by atoms with van der Waals surface area (Å²) >= 11 is 6.05. The number of nitrogens with two attached hydrogens (primary N) is 1. The van der Waals surface area contributed by atoms with Crippen LogP contribution in [0.3, 0.4) is 0 Å². The Morgan fingerprint density at radius 1 is 1.53 bits per heavy atom. The number of rotatable bonds is 3. The first-order chi connectivity index (χ1) is 7.94. The van der Waals surface area contributed by atoms with Gasteiger partial charge in [-0.3, -0.25) is 0 Å². The molecule has 4 heteroatoms. The predicted octanol–water partition coefficient (Wildman–Crippen LogP) is 3.17. The quantitative estimate of drug-likeness (QED) is 0.903. The zero-order valence-electron chi connectivity index (χ0n) is 10.3. The summed E-state index contributed by atoms with van der Waals surface area (Å²) in [6.45, 7) is 3.84. The van der Waals surface area contributed by atoms with E-state index in [1.807, 2.05) is 13.8 Å². The number of hydrogen-bond donors (Lipinski definition) is 1. The highest BCUT2D eigenvalue weighted by atomic mass is 35.5. The lowest BCUT2D eigenvalue weighted by atomic mass is 9.85. The largest absolute Gasteiger partial charge is 0.493 e. The number of hydrogen-bond acceptors (Lipinski definition) is 2. The fourth-order valence-corrected chi connectivity index (χ4v) is 2.75. The van der Waals surface area contributed by atoms with Crippen LogP contribution < -0.4 is 10.5 Å². The first kappa shape index (κ1) is 12.7. The average molecular weight is 258 g/mol. The molecule has 2 rings (SSSR count). The van der Waals surface area contributed by atoms with E-state index >= 15 is 0 Å². The second-order valence-corrected chi connectivity index (χ2v) is 5.23. The Hall–Kier alpha value is -0.800. The Bertz CT molecular complexity index is 455. The molecule has 94 valence electrons. The fourth-order valence-electron chi connectivity index (χ4n) is 2.56. The number of ether oxygens (including phenoxy) is 1. The van der Waals surface area contributed by atoms with Crippen LogP contribution in [0.15, 0.2) is 6.07 Å². The van der Waals surface area contributed by atoms with Gasteiger partial charge in [0.25, 0.3) is 0 Å². The van der Waals surface area contributed by atoms with Gasteiger partial charge in [-0.05, 0) is 38.3 Å². The number of methoxy groups -OCH3 is 1. The molecule has 0 saturated heterocycles. The van der Waals surface area contributed by atoms with Crippen molar-refractivity contribution >= 4 is 11.6 Å². The molecular formula is C13H17ClFNO. The lowest BCUT2D eigenvalue weighted by molar-refractivity contribution is 0.371. The lowest BCUT2D eigenvalue weighted by Gasteiger charge is -2.25. The van der Waals surface area contributed by atoms with Crippen molar-refractivity contribution in [1.29, 1.82) is 0 Å². The Kier molecular flexibility index (Phi) is 3.08. The van der Waals surface area contributed by atoms with E-state index < -0.39 is 5.82 Å². The van der Waals surface area contributed by atoms with Crippen LogP contribution in [-0.4, -0.2) is 13.2 Å². The summed E-state index contributed by atoms with van der Waals surface area (Å²) in [5.74, 6) is -0.119. The van der Waals surface area contributed by atoms with Gasteiger partial charge in [0.1, 0.15) is 0 Å². The molecule has 0 amide bonds. The molecule has 2 nitrogen and oxygen atoms in total. The van der Waals surface area contributed by atoms with Gasteiger partial charge in [0.2, 0.25) is 0 Å². The van der Waals surface area contributed by atoms with Crippen LogP contribution >= 0.6 is 11.6 Å². The Balaban J connectivity index is 2.67. The van der Waals surface area contributed by atoms with Crippen LogP contribution in [0.25, 0.3) is 0 Å². The minimum absolute atomic E-state index is 0.0343. The van der Waals surface area contributed by atoms with Gasteiger partial charge in [0, 0.05) is 22.0 Å². The summed E-state index contributed by atoms with van der Waals surface area (Å²) in [5, 5.41) is 0.435. The van der Waals surface area contributed by atoms with E-state index in [2.05, 4.69) is 0 Å². The molecule has 2 N–H and O–H groups in total. The van der Waals surface area contributed by atoms with Crippen LogP contribution in [0.2, 0.25) is 5.02 Å². The minimum Gasteiger partial charge on any atom is -0.493 e. The second-order valence-electron chi connectivity index (χ2n) is 4.82. The molecule has 0 aliphatic heterocycles. The standard InChI is InChI=1S/C13H17ClFNO/c1-7-9(14)6-10(15)12(17-3)11(7)13(4-5-13)8(2)16/h6,8H,4-5,16H2,1-3H3. The molecular weight excluding hydrogens is 241 g/mol. The van der Waals surface area contributed by atoms with Gasteiger partial charge in [0.05, 0.1) is 7.11 Å². The van der Waals surface area contributed by atoms with Gasteiger partial charge in [0.15, 0.2) is 11.6 Å². The maximum absolute atomic E-state index is 13.9. The number of halogens is 2. The van der Waals surface area contributed by atoms with Crippen LogP contribution in [0.1, 0.15) is 30.9 Å². The van der Waals surface area contributed by atoms with Crippen LogP contribution in [0.5, 0.6) is 5.75 Å². The molecule has 1 aliphatic rings. The summed E-state index contributed by atoms with van der Waals surface area (Å²) in [4.78, 5) is 0. The zero-order valence-corrected chi connectivity index (χ0v) is 11.1. The highest BCUT2D eigenvalue weighted by molar-refractivity contribution is 6.31. The molecule has 0 radical (unpaired) electrons. The van der Waals surface area contributed by atoms with E-state index in [1.165, 1.54) is 13.2 Å². The monoisotopic (exact) mass is 257 g/mol. The smallest absolute Gasteiger partial charge is 0.166 e. The number of benzene rings is 1. The molecule has 0 spiro atoms. The van der Waals surface area contributed by atoms with Gasteiger partial charge in [-0.15, -0.1) is 0 Å². The van der Waals surface area contributed by atoms with Crippen molar-refractivity contribution in [3.63, 3.8) is 0 Å². The van der Waals surface area contributed by atoms with Gasteiger partial charge in [-0.1, -0.05) is 11.6 Å². The van der Waals surface area contributed by atoms with Crippen molar-refractivity contribution in [2.45, 2.75) is 38.1 Å². The van der Waals surface area contributed by atoms with Gasteiger partial charge in [-0.25, -0.2) is 4.39 Å². The van der Waals surface area contributed by atoms with E-state index in [4.69, 9.17) is 22.1 Å². The Morgan fingerprint density at radius 3 is 2.53 bits per heavy atom. The minimum atomic E-state index is -0.412. The molecule has 0 aromatic heterocycles. The zero-order chi connectivity index (χ0) is 12.8. The van der Waals surface area contributed by atoms with E-state index in [0.29, 0.717) is 10.8 Å². The van der Waals surface area contributed by atoms with Crippen molar-refractivity contribution < 1.29 is 9.13 Å². The third-order valence-corrected chi connectivity index (χ3v) is 4.19. The fraction of sp³-hybridized carbons (Fsp3) is 0.538. The summed E-state index contributed by atoms with van der Waals surface area (Å²) in [7, 11) is 1.48. The van der Waals surface area contributed by atoms with E-state index in [-0.39, 0.29) is 11.5 Å². The Morgan fingerprint density at radius 2 is 2.12 bits per heavy atom. The van der Waals surface area contributed by atoms with Gasteiger partial charge in [-0.2, -0.15) is 0 Å². The van der Waals surface area contributed by atoms with Crippen molar-refractivity contribution in [2.24, 2.45) is 5.73 Å². The molecule has 0 heterocycles. The molecule has 0 bridgehead atoms. The first-order valence-corrected chi connectivity index (χ1v) is 6.10. The molecule has 17 heavy (non-hydrogen) atoms. The molecule has 1 saturated carbocycles. The van der Waals surface area contributed by atoms with Crippen LogP contribution in [-0.2, 0) is 5.41 Å². The third kappa shape index (κ3) is 1.81. The van der Waals surface area contributed by atoms with Gasteiger partial charge >= 0.3 is 0 Å². The van der Waals surface area contributed by atoms with Crippen molar-refractivity contribution in [1.82, 2.24) is 0 Å².